The van der Waals surface area contributed by atoms with Gasteiger partial charge in [0.25, 0.3) is 0 Å². The summed E-state index contributed by atoms with van der Waals surface area (Å²) in [6.45, 7) is 3.23. The summed E-state index contributed by atoms with van der Waals surface area (Å²) < 4.78 is 0. The summed E-state index contributed by atoms with van der Waals surface area (Å²) in [5, 5.41) is 10.4. The third-order valence-electron chi connectivity index (χ3n) is 3.42. The first-order chi connectivity index (χ1) is 7.98. The predicted molar refractivity (Wildman–Crippen MR) is 67.2 cm³/mol. The van der Waals surface area contributed by atoms with Crippen molar-refractivity contribution in [3.63, 3.8) is 0 Å². The second-order valence-electron chi connectivity index (χ2n) is 5.14. The van der Waals surface area contributed by atoms with Crippen LogP contribution in [0.15, 0.2) is 24.3 Å². The average Bonchev–Trinajstić information content (AvgIpc) is 2.59. The van der Waals surface area contributed by atoms with Gasteiger partial charge in [-0.2, -0.15) is 0 Å². The first kappa shape index (κ1) is 12.3. The third kappa shape index (κ3) is 2.93. The average molecular weight is 233 g/mol. The number of carbonyl (C=O) groups excluding carboxylic acids is 1. The van der Waals surface area contributed by atoms with Gasteiger partial charge < -0.3 is 10.0 Å². The minimum atomic E-state index is -0.605. The zero-order valence-electron chi connectivity index (χ0n) is 10.4. The van der Waals surface area contributed by atoms with E-state index in [1.54, 1.807) is 6.92 Å². The van der Waals surface area contributed by atoms with Crippen LogP contribution >= 0.6 is 0 Å². The lowest BCUT2D eigenvalue weighted by Gasteiger charge is -2.22. The summed E-state index contributed by atoms with van der Waals surface area (Å²) in [6.07, 6.45) is 1.48. The van der Waals surface area contributed by atoms with E-state index in [1.165, 1.54) is 0 Å². The van der Waals surface area contributed by atoms with Crippen LogP contribution < -0.4 is 0 Å². The Morgan fingerprint density at radius 3 is 2.53 bits per heavy atom. The molecule has 1 aromatic rings. The van der Waals surface area contributed by atoms with Crippen LogP contribution in [0.3, 0.4) is 0 Å². The monoisotopic (exact) mass is 233 g/mol. The van der Waals surface area contributed by atoms with Gasteiger partial charge in [0.05, 0.1) is 5.60 Å². The number of hydrogen-bond acceptors (Lipinski definition) is 3. The molecule has 1 aliphatic heterocycles. The van der Waals surface area contributed by atoms with E-state index in [4.69, 9.17) is 0 Å². The predicted octanol–water partition coefficient (Wildman–Crippen LogP) is 1.50. The highest BCUT2D eigenvalue weighted by atomic mass is 16.3. The Kier molecular flexibility index (Phi) is 3.31. The lowest BCUT2D eigenvalue weighted by Crippen LogP contribution is -2.34. The number of rotatable bonds is 3. The lowest BCUT2D eigenvalue weighted by atomic mass is 9.93. The Bertz CT molecular complexity index is 413. The molecule has 1 atom stereocenters. The smallest absolute Gasteiger partial charge is 0.159 e. The van der Waals surface area contributed by atoms with Crippen LogP contribution in [0.2, 0.25) is 0 Å². The number of nitrogens with zero attached hydrogens (tertiary/aromatic N) is 1. The van der Waals surface area contributed by atoms with Crippen molar-refractivity contribution in [1.29, 1.82) is 0 Å². The number of aliphatic hydroxyl groups is 1. The van der Waals surface area contributed by atoms with Gasteiger partial charge in [0.15, 0.2) is 5.78 Å². The molecule has 1 heterocycles. The number of benzene rings is 1. The molecule has 0 bridgehead atoms. The van der Waals surface area contributed by atoms with Gasteiger partial charge >= 0.3 is 0 Å². The van der Waals surface area contributed by atoms with Crippen molar-refractivity contribution < 1.29 is 9.90 Å². The SMILES string of the molecule is CC(=O)c1ccc(CC2(O)CCN(C)C2)cc1. The third-order valence-corrected chi connectivity index (χ3v) is 3.42. The molecule has 0 aromatic heterocycles. The van der Waals surface area contributed by atoms with E-state index in [0.717, 1.165) is 30.6 Å². The zero-order valence-corrected chi connectivity index (χ0v) is 10.4. The van der Waals surface area contributed by atoms with Crippen molar-refractivity contribution in [2.45, 2.75) is 25.4 Å². The molecule has 3 heteroatoms. The highest BCUT2D eigenvalue weighted by molar-refractivity contribution is 5.93. The molecule has 17 heavy (non-hydrogen) atoms. The maximum Gasteiger partial charge on any atom is 0.159 e. The minimum Gasteiger partial charge on any atom is -0.388 e. The van der Waals surface area contributed by atoms with Gasteiger partial charge in [-0.15, -0.1) is 0 Å². The van der Waals surface area contributed by atoms with E-state index in [9.17, 15) is 9.90 Å². The Labute approximate surface area is 102 Å². The van der Waals surface area contributed by atoms with E-state index in [1.807, 2.05) is 31.3 Å². The number of hydrogen-bond donors (Lipinski definition) is 1. The molecule has 1 unspecified atom stereocenters. The van der Waals surface area contributed by atoms with Crippen LogP contribution in [0.25, 0.3) is 0 Å². The highest BCUT2D eigenvalue weighted by Gasteiger charge is 2.34. The molecule has 0 aliphatic carbocycles. The second-order valence-corrected chi connectivity index (χ2v) is 5.14. The maximum absolute atomic E-state index is 11.2. The Hall–Kier alpha value is -1.19. The maximum atomic E-state index is 11.2. The van der Waals surface area contributed by atoms with Gasteiger partial charge in [-0.3, -0.25) is 4.79 Å². The van der Waals surface area contributed by atoms with Crippen molar-refractivity contribution in [1.82, 2.24) is 4.90 Å². The quantitative estimate of drug-likeness (QED) is 0.804. The molecule has 92 valence electrons. The van der Waals surface area contributed by atoms with Crippen LogP contribution in [0, 0.1) is 0 Å². The molecule has 1 aromatic carbocycles. The van der Waals surface area contributed by atoms with Gasteiger partial charge in [-0.05, 0) is 26.0 Å². The fraction of sp³-hybridized carbons (Fsp3) is 0.500. The van der Waals surface area contributed by atoms with Crippen molar-refractivity contribution in [2.24, 2.45) is 0 Å². The largest absolute Gasteiger partial charge is 0.388 e. The highest BCUT2D eigenvalue weighted by Crippen LogP contribution is 2.24. The van der Waals surface area contributed by atoms with Gasteiger partial charge in [-0.25, -0.2) is 0 Å². The van der Waals surface area contributed by atoms with Gasteiger partial charge in [-0.1, -0.05) is 24.3 Å². The van der Waals surface area contributed by atoms with Gasteiger partial charge in [0.1, 0.15) is 0 Å². The summed E-state index contributed by atoms with van der Waals surface area (Å²) in [7, 11) is 2.02. The topological polar surface area (TPSA) is 40.5 Å². The van der Waals surface area contributed by atoms with Crippen LogP contribution in [0.1, 0.15) is 29.3 Å². The molecule has 1 saturated heterocycles. The molecule has 2 rings (SSSR count). The molecular weight excluding hydrogens is 214 g/mol. The number of Topliss-reactive ketones (excluding diaryl/α,β-unsaturated/α-hetero) is 1. The lowest BCUT2D eigenvalue weighted by molar-refractivity contribution is 0.0523. The minimum absolute atomic E-state index is 0.0795. The molecular formula is C14H19NO2. The van der Waals surface area contributed by atoms with E-state index in [2.05, 4.69) is 4.90 Å². The van der Waals surface area contributed by atoms with Crippen LogP contribution in [0.4, 0.5) is 0 Å². The van der Waals surface area contributed by atoms with Crippen molar-refractivity contribution in [2.75, 3.05) is 20.1 Å². The second kappa shape index (κ2) is 4.59. The summed E-state index contributed by atoms with van der Waals surface area (Å²) in [6, 6.07) is 7.54. The number of carbonyl (C=O) groups is 1. The standard InChI is InChI=1S/C14H19NO2/c1-11(16)13-5-3-12(4-6-13)9-14(17)7-8-15(2)10-14/h3-6,17H,7-10H2,1-2H3. The van der Waals surface area contributed by atoms with E-state index in [-0.39, 0.29) is 5.78 Å². The summed E-state index contributed by atoms with van der Waals surface area (Å²) in [4.78, 5) is 13.3. The zero-order chi connectivity index (χ0) is 12.5. The molecule has 1 N–H and O–H groups in total. The summed E-state index contributed by atoms with van der Waals surface area (Å²) >= 11 is 0. The number of β-amino-alcohol motifs (C(OH)–C–C–N with tert-alkyl or cyclic N) is 1. The van der Waals surface area contributed by atoms with E-state index >= 15 is 0 Å². The molecule has 0 saturated carbocycles. The fourth-order valence-electron chi connectivity index (χ4n) is 2.44. The van der Waals surface area contributed by atoms with E-state index < -0.39 is 5.60 Å². The van der Waals surface area contributed by atoms with Crippen LogP contribution in [-0.2, 0) is 6.42 Å². The number of ketones is 1. The summed E-state index contributed by atoms with van der Waals surface area (Å²) in [5.74, 6) is 0.0795. The van der Waals surface area contributed by atoms with Gasteiger partial charge in [0, 0.05) is 25.1 Å². The number of likely N-dealkylation sites (tertiary alicyclic amines) is 1. The van der Waals surface area contributed by atoms with Gasteiger partial charge in [0.2, 0.25) is 0 Å². The first-order valence-electron chi connectivity index (χ1n) is 5.99. The van der Waals surface area contributed by atoms with Crippen LogP contribution in [-0.4, -0.2) is 41.5 Å². The molecule has 0 radical (unpaired) electrons. The Balaban J connectivity index is 2.06. The Morgan fingerprint density at radius 1 is 1.41 bits per heavy atom. The number of likely N-dealkylation sites (N-methyl/N-ethyl adjacent to an activating group) is 1. The van der Waals surface area contributed by atoms with Crippen molar-refractivity contribution in [3.05, 3.63) is 35.4 Å². The molecule has 1 aliphatic rings. The molecule has 1 fully saturated rings. The molecule has 0 amide bonds. The first-order valence-corrected chi connectivity index (χ1v) is 5.99. The molecule has 0 spiro atoms. The van der Waals surface area contributed by atoms with Crippen molar-refractivity contribution in [3.8, 4) is 0 Å². The van der Waals surface area contributed by atoms with Crippen LogP contribution in [0.5, 0.6) is 0 Å². The van der Waals surface area contributed by atoms with E-state index in [0.29, 0.717) is 6.42 Å². The Morgan fingerprint density at radius 2 is 2.06 bits per heavy atom. The summed E-state index contributed by atoms with van der Waals surface area (Å²) in [5.41, 5.74) is 1.21. The van der Waals surface area contributed by atoms with Crippen molar-refractivity contribution >= 4 is 5.78 Å². The normalized spacial score (nSPS) is 25.1. The molecule has 3 nitrogen and oxygen atoms in total. The fourth-order valence-corrected chi connectivity index (χ4v) is 2.44.